The van der Waals surface area contributed by atoms with Gasteiger partial charge in [0.1, 0.15) is 0 Å². The highest BCUT2D eigenvalue weighted by Crippen LogP contribution is 2.31. The molecule has 1 aromatic carbocycles. The van der Waals surface area contributed by atoms with Crippen LogP contribution in [0.2, 0.25) is 0 Å². The van der Waals surface area contributed by atoms with Gasteiger partial charge in [-0.15, -0.1) is 0 Å². The second kappa shape index (κ2) is 7.09. The molecular weight excluding hydrogens is 267 g/mol. The third-order valence-electron chi connectivity index (χ3n) is 3.46. The molecule has 0 radical (unpaired) electrons. The number of rotatable bonds is 6. The Hall–Kier alpha value is -1.07. The van der Waals surface area contributed by atoms with Gasteiger partial charge >= 0.3 is 6.18 Å². The van der Waals surface area contributed by atoms with E-state index in [9.17, 15) is 13.2 Å². The van der Waals surface area contributed by atoms with Crippen LogP contribution in [0, 0.1) is 0 Å². The van der Waals surface area contributed by atoms with Crippen LogP contribution in [0.4, 0.5) is 13.2 Å². The molecule has 1 unspecified atom stereocenters. The van der Waals surface area contributed by atoms with E-state index in [-0.39, 0.29) is 18.7 Å². The van der Waals surface area contributed by atoms with Gasteiger partial charge in [-0.3, -0.25) is 4.90 Å². The normalized spacial score (nSPS) is 14.1. The number of alkyl halides is 3. The average molecular weight is 289 g/mol. The van der Waals surface area contributed by atoms with E-state index in [2.05, 4.69) is 4.90 Å². The average Bonchev–Trinajstić information content (AvgIpc) is 2.37. The number of hydrogen-bond acceptors (Lipinski definition) is 2. The molecule has 0 bridgehead atoms. The minimum absolute atomic E-state index is 0.0174. The summed E-state index contributed by atoms with van der Waals surface area (Å²) in [4.78, 5) is 2.17. The summed E-state index contributed by atoms with van der Waals surface area (Å²) in [5.41, 5.74) is 0.226. The molecule has 0 heterocycles. The second-order valence-corrected chi connectivity index (χ2v) is 5.20. The smallest absolute Gasteiger partial charge is 0.396 e. The van der Waals surface area contributed by atoms with E-state index >= 15 is 0 Å². The van der Waals surface area contributed by atoms with Gasteiger partial charge < -0.3 is 5.11 Å². The highest BCUT2D eigenvalue weighted by Gasteiger charge is 2.30. The van der Waals surface area contributed by atoms with Crippen molar-refractivity contribution in [3.63, 3.8) is 0 Å². The molecule has 0 aromatic heterocycles. The predicted octanol–water partition coefficient (Wildman–Crippen LogP) is 3.86. The van der Waals surface area contributed by atoms with Crippen molar-refractivity contribution >= 4 is 0 Å². The molecule has 0 aliphatic rings. The van der Waals surface area contributed by atoms with Crippen LogP contribution < -0.4 is 0 Å². The largest absolute Gasteiger partial charge is 0.416 e. The molecule has 0 saturated carbocycles. The Morgan fingerprint density at radius 3 is 2.05 bits per heavy atom. The van der Waals surface area contributed by atoms with Crippen LogP contribution in [0.1, 0.15) is 44.4 Å². The lowest BCUT2D eigenvalue weighted by Crippen LogP contribution is -2.34. The lowest BCUT2D eigenvalue weighted by Gasteiger charge is -2.33. The number of aliphatic hydroxyl groups is 1. The van der Waals surface area contributed by atoms with Gasteiger partial charge in [0.15, 0.2) is 0 Å². The van der Waals surface area contributed by atoms with E-state index < -0.39 is 11.7 Å². The molecule has 0 aliphatic carbocycles. The third kappa shape index (κ3) is 4.49. The number of benzene rings is 1. The van der Waals surface area contributed by atoms with E-state index in [1.165, 1.54) is 12.1 Å². The Kier molecular flexibility index (Phi) is 6.02. The standard InChI is InChI=1S/C15H22F3NO/c1-11(2)19(9-4-10-20)12(3)13-5-7-14(8-6-13)15(16,17)18/h5-8,11-12,20H,4,9-10H2,1-3H3. The van der Waals surface area contributed by atoms with Gasteiger partial charge in [-0.1, -0.05) is 12.1 Å². The summed E-state index contributed by atoms with van der Waals surface area (Å²) in [6, 6.07) is 5.58. The zero-order chi connectivity index (χ0) is 15.3. The Morgan fingerprint density at radius 1 is 1.10 bits per heavy atom. The van der Waals surface area contributed by atoms with Crippen LogP contribution >= 0.6 is 0 Å². The summed E-state index contributed by atoms with van der Waals surface area (Å²) in [5, 5.41) is 8.92. The van der Waals surface area contributed by atoms with Gasteiger partial charge in [0.25, 0.3) is 0 Å². The van der Waals surface area contributed by atoms with Crippen LogP contribution in [0.3, 0.4) is 0 Å². The van der Waals surface area contributed by atoms with Crippen LogP contribution in [0.25, 0.3) is 0 Å². The van der Waals surface area contributed by atoms with E-state index in [0.717, 1.165) is 24.2 Å². The van der Waals surface area contributed by atoms with E-state index in [1.807, 2.05) is 20.8 Å². The highest BCUT2D eigenvalue weighted by molar-refractivity contribution is 5.26. The Balaban J connectivity index is 2.86. The van der Waals surface area contributed by atoms with E-state index in [4.69, 9.17) is 5.11 Å². The fourth-order valence-electron chi connectivity index (χ4n) is 2.29. The topological polar surface area (TPSA) is 23.5 Å². The van der Waals surface area contributed by atoms with Gasteiger partial charge in [-0.25, -0.2) is 0 Å². The molecule has 1 aromatic rings. The summed E-state index contributed by atoms with van der Waals surface area (Å²) in [5.74, 6) is 0. The molecule has 114 valence electrons. The first-order valence-electron chi connectivity index (χ1n) is 6.81. The van der Waals surface area contributed by atoms with Gasteiger partial charge in [0, 0.05) is 25.2 Å². The number of aliphatic hydroxyl groups excluding tert-OH is 1. The van der Waals surface area contributed by atoms with Crippen LogP contribution in [-0.2, 0) is 6.18 Å². The third-order valence-corrected chi connectivity index (χ3v) is 3.46. The molecule has 0 spiro atoms. The monoisotopic (exact) mass is 289 g/mol. The molecule has 1 atom stereocenters. The Labute approximate surface area is 118 Å². The van der Waals surface area contributed by atoms with E-state index in [0.29, 0.717) is 6.42 Å². The summed E-state index contributed by atoms with van der Waals surface area (Å²) >= 11 is 0. The van der Waals surface area contributed by atoms with Crippen molar-refractivity contribution in [3.05, 3.63) is 35.4 Å². The predicted molar refractivity (Wildman–Crippen MR) is 73.4 cm³/mol. The quantitative estimate of drug-likeness (QED) is 0.859. The van der Waals surface area contributed by atoms with E-state index in [1.54, 1.807) is 0 Å². The molecule has 0 aliphatic heterocycles. The molecular formula is C15H22F3NO. The molecule has 2 nitrogen and oxygen atoms in total. The minimum Gasteiger partial charge on any atom is -0.396 e. The Morgan fingerprint density at radius 2 is 1.65 bits per heavy atom. The first-order chi connectivity index (χ1) is 9.27. The molecule has 5 heteroatoms. The lowest BCUT2D eigenvalue weighted by atomic mass is 10.0. The van der Waals surface area contributed by atoms with Crippen molar-refractivity contribution in [1.29, 1.82) is 0 Å². The van der Waals surface area contributed by atoms with Crippen molar-refractivity contribution < 1.29 is 18.3 Å². The highest BCUT2D eigenvalue weighted by atomic mass is 19.4. The van der Waals surface area contributed by atoms with Gasteiger partial charge in [-0.05, 0) is 44.9 Å². The van der Waals surface area contributed by atoms with Crippen LogP contribution in [-0.4, -0.2) is 29.2 Å². The summed E-state index contributed by atoms with van der Waals surface area (Å²) in [7, 11) is 0. The fraction of sp³-hybridized carbons (Fsp3) is 0.600. The maximum absolute atomic E-state index is 12.5. The summed E-state index contributed by atoms with van der Waals surface area (Å²) in [6.07, 6.45) is -3.64. The first-order valence-corrected chi connectivity index (χ1v) is 6.81. The van der Waals surface area contributed by atoms with Crippen LogP contribution in [0.15, 0.2) is 24.3 Å². The molecule has 0 saturated heterocycles. The van der Waals surface area contributed by atoms with Gasteiger partial charge in [0.05, 0.1) is 5.56 Å². The van der Waals surface area contributed by atoms with Crippen LogP contribution in [0.5, 0.6) is 0 Å². The first kappa shape index (κ1) is 17.0. The minimum atomic E-state index is -4.30. The Bertz CT molecular complexity index is 401. The maximum atomic E-state index is 12.5. The molecule has 20 heavy (non-hydrogen) atoms. The lowest BCUT2D eigenvalue weighted by molar-refractivity contribution is -0.137. The molecule has 1 N–H and O–H groups in total. The molecule has 0 fully saturated rings. The SMILES string of the molecule is CC(C)N(CCCO)C(C)c1ccc(C(F)(F)F)cc1. The molecule has 1 rings (SSSR count). The number of nitrogens with zero attached hydrogens (tertiary/aromatic N) is 1. The second-order valence-electron chi connectivity index (χ2n) is 5.20. The number of hydrogen-bond donors (Lipinski definition) is 1. The van der Waals surface area contributed by atoms with Gasteiger partial charge in [0.2, 0.25) is 0 Å². The van der Waals surface area contributed by atoms with Crippen molar-refractivity contribution in [1.82, 2.24) is 4.90 Å². The van der Waals surface area contributed by atoms with Crippen molar-refractivity contribution in [2.75, 3.05) is 13.2 Å². The van der Waals surface area contributed by atoms with Crippen molar-refractivity contribution in [2.45, 2.75) is 45.5 Å². The number of halogens is 3. The van der Waals surface area contributed by atoms with Crippen molar-refractivity contribution in [3.8, 4) is 0 Å². The fourth-order valence-corrected chi connectivity index (χ4v) is 2.29. The summed E-state index contributed by atoms with van der Waals surface area (Å²) in [6.45, 7) is 6.88. The maximum Gasteiger partial charge on any atom is 0.416 e. The van der Waals surface area contributed by atoms with Gasteiger partial charge in [-0.2, -0.15) is 13.2 Å². The summed E-state index contributed by atoms with van der Waals surface area (Å²) < 4.78 is 37.6. The zero-order valence-electron chi connectivity index (χ0n) is 12.1. The zero-order valence-corrected chi connectivity index (χ0v) is 12.1. The molecule has 0 amide bonds. The van der Waals surface area contributed by atoms with Crippen molar-refractivity contribution in [2.24, 2.45) is 0 Å².